The summed E-state index contributed by atoms with van der Waals surface area (Å²) in [6, 6.07) is 2.23. The van der Waals surface area contributed by atoms with Gasteiger partial charge in [-0.2, -0.15) is 5.10 Å². The molecule has 0 fully saturated rings. The number of rotatable bonds is 7. The molecule has 4 nitrogen and oxygen atoms in total. The van der Waals surface area contributed by atoms with Gasteiger partial charge in [0.2, 0.25) is 0 Å². The zero-order valence-corrected chi connectivity index (χ0v) is 11.1. The Morgan fingerprint density at radius 3 is 2.65 bits per heavy atom. The van der Waals surface area contributed by atoms with Crippen molar-refractivity contribution in [2.45, 2.75) is 52.7 Å². The number of aromatic nitrogens is 2. The number of carbonyl (C=O) groups excluding carboxylic acids is 1. The van der Waals surface area contributed by atoms with Crippen LogP contribution in [-0.2, 0) is 16.0 Å². The highest BCUT2D eigenvalue weighted by atomic mass is 16.5. The van der Waals surface area contributed by atoms with Gasteiger partial charge in [0, 0.05) is 18.8 Å². The van der Waals surface area contributed by atoms with Crippen LogP contribution in [0.4, 0.5) is 0 Å². The fourth-order valence-electron chi connectivity index (χ4n) is 1.69. The molecular weight excluding hydrogens is 216 g/mol. The molecule has 0 amide bonds. The molecule has 0 spiro atoms. The molecule has 0 saturated heterocycles. The fourth-order valence-corrected chi connectivity index (χ4v) is 1.69. The zero-order chi connectivity index (χ0) is 12.8. The summed E-state index contributed by atoms with van der Waals surface area (Å²) in [4.78, 5) is 11.9. The molecule has 1 heterocycles. The van der Waals surface area contributed by atoms with Gasteiger partial charge in [-0.15, -0.1) is 0 Å². The molecule has 17 heavy (non-hydrogen) atoms. The van der Waals surface area contributed by atoms with Crippen LogP contribution in [0.25, 0.3) is 0 Å². The molecule has 96 valence electrons. The van der Waals surface area contributed by atoms with Gasteiger partial charge in [0.05, 0.1) is 12.1 Å². The number of ether oxygens (including phenoxy) is 1. The van der Waals surface area contributed by atoms with Crippen molar-refractivity contribution in [1.29, 1.82) is 0 Å². The summed E-state index contributed by atoms with van der Waals surface area (Å²) >= 11 is 0. The maximum absolute atomic E-state index is 11.9. The monoisotopic (exact) mass is 238 g/mol. The van der Waals surface area contributed by atoms with Gasteiger partial charge in [-0.1, -0.05) is 6.92 Å². The van der Waals surface area contributed by atoms with Crippen molar-refractivity contribution in [3.8, 4) is 0 Å². The maximum atomic E-state index is 11.9. The zero-order valence-electron chi connectivity index (χ0n) is 11.1. The average Bonchev–Trinajstić information content (AvgIpc) is 2.74. The van der Waals surface area contributed by atoms with Gasteiger partial charge in [0.25, 0.3) is 0 Å². The van der Waals surface area contributed by atoms with Crippen LogP contribution in [0.5, 0.6) is 0 Å². The first kappa shape index (κ1) is 13.9. The molecule has 4 heteroatoms. The van der Waals surface area contributed by atoms with Crippen molar-refractivity contribution in [3.63, 3.8) is 0 Å². The molecule has 0 radical (unpaired) electrons. The predicted octanol–water partition coefficient (Wildman–Crippen LogP) is 2.39. The van der Waals surface area contributed by atoms with Crippen molar-refractivity contribution in [2.75, 3.05) is 6.61 Å². The van der Waals surface area contributed by atoms with Crippen LogP contribution in [0, 0.1) is 0 Å². The molecule has 0 aromatic carbocycles. The summed E-state index contributed by atoms with van der Waals surface area (Å²) in [5.74, 6) is 0.114. The summed E-state index contributed by atoms with van der Waals surface area (Å²) in [5.41, 5.74) is 0.821. The van der Waals surface area contributed by atoms with E-state index in [0.717, 1.165) is 12.1 Å². The van der Waals surface area contributed by atoms with E-state index in [1.54, 1.807) is 0 Å². The Kier molecular flexibility index (Phi) is 5.35. The summed E-state index contributed by atoms with van der Waals surface area (Å²) in [6.07, 6.45) is 2.70. The van der Waals surface area contributed by atoms with Crippen molar-refractivity contribution in [2.24, 2.45) is 0 Å². The Hall–Kier alpha value is -1.16. The highest BCUT2D eigenvalue weighted by Crippen LogP contribution is 2.08. The Bertz CT molecular complexity index is 358. The van der Waals surface area contributed by atoms with Crippen LogP contribution >= 0.6 is 0 Å². The average molecular weight is 238 g/mol. The Labute approximate surface area is 103 Å². The minimum Gasteiger partial charge on any atom is -0.371 e. The van der Waals surface area contributed by atoms with Crippen molar-refractivity contribution in [3.05, 3.63) is 18.0 Å². The Balaban J connectivity index is 2.60. The predicted molar refractivity (Wildman–Crippen MR) is 67.0 cm³/mol. The molecule has 0 aliphatic heterocycles. The quantitative estimate of drug-likeness (QED) is 0.732. The third kappa shape index (κ3) is 3.97. The highest BCUT2D eigenvalue weighted by molar-refractivity contribution is 5.84. The molecule has 1 aromatic heterocycles. The molecule has 1 rings (SSSR count). The van der Waals surface area contributed by atoms with E-state index in [1.807, 2.05) is 30.8 Å². The summed E-state index contributed by atoms with van der Waals surface area (Å²) in [7, 11) is 0. The standard InChI is InChI=1S/C13H22N2O2/c1-5-13(17-6-2)12(16)9-11-7-8-15(14-11)10(3)4/h7-8,10,13H,5-6,9H2,1-4H3. The van der Waals surface area contributed by atoms with Crippen LogP contribution in [-0.4, -0.2) is 28.3 Å². The highest BCUT2D eigenvalue weighted by Gasteiger charge is 2.17. The molecule has 1 aromatic rings. The molecule has 0 bridgehead atoms. The number of Topliss-reactive ketones (excluding diaryl/α,β-unsaturated/α-hetero) is 1. The van der Waals surface area contributed by atoms with Gasteiger partial charge >= 0.3 is 0 Å². The lowest BCUT2D eigenvalue weighted by Gasteiger charge is -2.12. The number of nitrogens with zero attached hydrogens (tertiary/aromatic N) is 2. The van der Waals surface area contributed by atoms with Crippen LogP contribution in [0.15, 0.2) is 12.3 Å². The van der Waals surface area contributed by atoms with Gasteiger partial charge in [0.15, 0.2) is 5.78 Å². The van der Waals surface area contributed by atoms with Crippen LogP contribution in [0.1, 0.15) is 45.9 Å². The first-order valence-corrected chi connectivity index (χ1v) is 6.26. The van der Waals surface area contributed by atoms with Gasteiger partial charge in [0.1, 0.15) is 6.10 Å². The fraction of sp³-hybridized carbons (Fsp3) is 0.692. The largest absolute Gasteiger partial charge is 0.371 e. The molecule has 0 aliphatic carbocycles. The summed E-state index contributed by atoms with van der Waals surface area (Å²) < 4.78 is 7.26. The van der Waals surface area contributed by atoms with Gasteiger partial charge in [-0.05, 0) is 33.3 Å². The van der Waals surface area contributed by atoms with Gasteiger partial charge in [-0.25, -0.2) is 0 Å². The number of hydrogen-bond donors (Lipinski definition) is 0. The normalized spacial score (nSPS) is 13.0. The molecule has 0 saturated carbocycles. The second-order valence-corrected chi connectivity index (χ2v) is 4.38. The summed E-state index contributed by atoms with van der Waals surface area (Å²) in [5, 5.41) is 4.37. The third-order valence-corrected chi connectivity index (χ3v) is 2.65. The lowest BCUT2D eigenvalue weighted by Crippen LogP contribution is -2.25. The number of carbonyl (C=O) groups is 1. The smallest absolute Gasteiger partial charge is 0.167 e. The van der Waals surface area contributed by atoms with Crippen LogP contribution in [0.2, 0.25) is 0 Å². The van der Waals surface area contributed by atoms with Crippen LogP contribution < -0.4 is 0 Å². The number of ketones is 1. The second-order valence-electron chi connectivity index (χ2n) is 4.38. The summed E-state index contributed by atoms with van der Waals surface area (Å²) in [6.45, 7) is 8.57. The minimum absolute atomic E-state index is 0.114. The topological polar surface area (TPSA) is 44.1 Å². The minimum atomic E-state index is -0.288. The molecule has 1 unspecified atom stereocenters. The van der Waals surface area contributed by atoms with E-state index in [4.69, 9.17) is 4.74 Å². The lowest BCUT2D eigenvalue weighted by molar-refractivity contribution is -0.129. The van der Waals surface area contributed by atoms with E-state index < -0.39 is 0 Å². The first-order valence-electron chi connectivity index (χ1n) is 6.26. The van der Waals surface area contributed by atoms with E-state index in [1.165, 1.54) is 0 Å². The Morgan fingerprint density at radius 2 is 2.18 bits per heavy atom. The van der Waals surface area contributed by atoms with Crippen LogP contribution in [0.3, 0.4) is 0 Å². The van der Waals surface area contributed by atoms with E-state index in [9.17, 15) is 4.79 Å². The van der Waals surface area contributed by atoms with Crippen molar-refractivity contribution in [1.82, 2.24) is 9.78 Å². The molecule has 0 N–H and O–H groups in total. The first-order chi connectivity index (χ1) is 8.08. The lowest BCUT2D eigenvalue weighted by atomic mass is 10.1. The van der Waals surface area contributed by atoms with Crippen molar-refractivity contribution < 1.29 is 9.53 Å². The molecule has 1 atom stereocenters. The second kappa shape index (κ2) is 6.55. The van der Waals surface area contributed by atoms with Crippen molar-refractivity contribution >= 4 is 5.78 Å². The SMILES string of the molecule is CCOC(CC)C(=O)Cc1ccn(C(C)C)n1. The van der Waals surface area contributed by atoms with E-state index in [-0.39, 0.29) is 11.9 Å². The number of hydrogen-bond acceptors (Lipinski definition) is 3. The molecule has 0 aliphatic rings. The molecular formula is C13H22N2O2. The van der Waals surface area contributed by atoms with Gasteiger partial charge in [-0.3, -0.25) is 9.48 Å². The Morgan fingerprint density at radius 1 is 1.47 bits per heavy atom. The van der Waals surface area contributed by atoms with E-state index in [0.29, 0.717) is 19.1 Å². The third-order valence-electron chi connectivity index (χ3n) is 2.65. The maximum Gasteiger partial charge on any atom is 0.167 e. The van der Waals surface area contributed by atoms with E-state index in [2.05, 4.69) is 18.9 Å². The van der Waals surface area contributed by atoms with Gasteiger partial charge < -0.3 is 4.74 Å². The van der Waals surface area contributed by atoms with E-state index >= 15 is 0 Å².